The summed E-state index contributed by atoms with van der Waals surface area (Å²) in [4.78, 5) is 13.5. The van der Waals surface area contributed by atoms with Gasteiger partial charge in [0.25, 0.3) is 0 Å². The number of rotatable bonds is 3. The van der Waals surface area contributed by atoms with Crippen LogP contribution in [0.25, 0.3) is 0 Å². The molecular formula is C11H21N3O2. The van der Waals surface area contributed by atoms with Crippen molar-refractivity contribution in [2.45, 2.75) is 31.0 Å². The highest BCUT2D eigenvalue weighted by Gasteiger charge is 2.50. The molecule has 5 nitrogen and oxygen atoms in total. The standard InChI is InChI=1S/C11H21N3O2/c1-14(2)6-8(15)13-10-9(12)7-4-3-5-16-11(7)10/h7,9-11H,3-6,12H2,1-2H3,(H,13,15). The van der Waals surface area contributed by atoms with E-state index >= 15 is 0 Å². The number of ether oxygens (including phenoxy) is 1. The smallest absolute Gasteiger partial charge is 0.234 e. The van der Waals surface area contributed by atoms with E-state index in [1.54, 1.807) is 0 Å². The van der Waals surface area contributed by atoms with Crippen LogP contribution in [0, 0.1) is 5.92 Å². The molecule has 3 N–H and O–H groups in total. The van der Waals surface area contributed by atoms with Crippen molar-refractivity contribution in [3.05, 3.63) is 0 Å². The van der Waals surface area contributed by atoms with Crippen molar-refractivity contribution in [2.24, 2.45) is 11.7 Å². The molecule has 5 heteroatoms. The zero-order valence-electron chi connectivity index (χ0n) is 9.98. The first-order chi connectivity index (χ1) is 7.59. The first-order valence-corrected chi connectivity index (χ1v) is 5.91. The van der Waals surface area contributed by atoms with Crippen LogP contribution < -0.4 is 11.1 Å². The third-order valence-corrected chi connectivity index (χ3v) is 3.46. The molecule has 1 aliphatic carbocycles. The summed E-state index contributed by atoms with van der Waals surface area (Å²) in [6, 6.07) is 0.0779. The van der Waals surface area contributed by atoms with E-state index in [0.717, 1.165) is 19.4 Å². The number of carbonyl (C=O) groups excluding carboxylic acids is 1. The van der Waals surface area contributed by atoms with E-state index < -0.39 is 0 Å². The van der Waals surface area contributed by atoms with Gasteiger partial charge in [-0.1, -0.05) is 0 Å². The number of fused-ring (bicyclic) bond motifs is 1. The Hall–Kier alpha value is -0.650. The van der Waals surface area contributed by atoms with Gasteiger partial charge in [-0.15, -0.1) is 0 Å². The van der Waals surface area contributed by atoms with E-state index in [9.17, 15) is 4.79 Å². The molecule has 4 atom stereocenters. The van der Waals surface area contributed by atoms with Gasteiger partial charge in [-0.2, -0.15) is 0 Å². The maximum atomic E-state index is 11.6. The van der Waals surface area contributed by atoms with Crippen LogP contribution in [0.4, 0.5) is 0 Å². The summed E-state index contributed by atoms with van der Waals surface area (Å²) in [5.74, 6) is 0.469. The van der Waals surface area contributed by atoms with Gasteiger partial charge in [0.05, 0.1) is 18.7 Å². The Balaban J connectivity index is 1.84. The highest BCUT2D eigenvalue weighted by Crippen LogP contribution is 2.36. The van der Waals surface area contributed by atoms with Gasteiger partial charge in [-0.3, -0.25) is 4.79 Å². The summed E-state index contributed by atoms with van der Waals surface area (Å²) in [7, 11) is 3.75. The third kappa shape index (κ3) is 2.21. The van der Waals surface area contributed by atoms with Crippen molar-refractivity contribution in [3.63, 3.8) is 0 Å². The fourth-order valence-corrected chi connectivity index (χ4v) is 2.64. The van der Waals surface area contributed by atoms with Crippen molar-refractivity contribution in [3.8, 4) is 0 Å². The molecule has 1 heterocycles. The first-order valence-electron chi connectivity index (χ1n) is 5.91. The number of hydrogen-bond acceptors (Lipinski definition) is 4. The molecule has 16 heavy (non-hydrogen) atoms. The van der Waals surface area contributed by atoms with Gasteiger partial charge >= 0.3 is 0 Å². The van der Waals surface area contributed by atoms with E-state index in [1.807, 2.05) is 19.0 Å². The molecule has 1 saturated carbocycles. The molecule has 1 amide bonds. The fraction of sp³-hybridized carbons (Fsp3) is 0.909. The molecule has 0 aromatic rings. The number of carbonyl (C=O) groups is 1. The molecule has 2 aliphatic rings. The summed E-state index contributed by atoms with van der Waals surface area (Å²) < 4.78 is 5.66. The minimum Gasteiger partial charge on any atom is -0.376 e. The predicted octanol–water partition coefficient (Wildman–Crippen LogP) is -0.831. The predicted molar refractivity (Wildman–Crippen MR) is 60.9 cm³/mol. The number of likely N-dealkylation sites (N-methyl/N-ethyl adjacent to an activating group) is 1. The Labute approximate surface area is 96.3 Å². The summed E-state index contributed by atoms with van der Waals surface area (Å²) in [5, 5.41) is 2.97. The van der Waals surface area contributed by atoms with Gasteiger partial charge < -0.3 is 20.7 Å². The fourth-order valence-electron chi connectivity index (χ4n) is 2.64. The van der Waals surface area contributed by atoms with E-state index in [2.05, 4.69) is 5.32 Å². The lowest BCUT2D eigenvalue weighted by molar-refractivity contribution is -0.139. The Kier molecular flexibility index (Phi) is 3.47. The van der Waals surface area contributed by atoms with Crippen LogP contribution in [0.1, 0.15) is 12.8 Å². The van der Waals surface area contributed by atoms with E-state index in [4.69, 9.17) is 10.5 Å². The average molecular weight is 227 g/mol. The topological polar surface area (TPSA) is 67.6 Å². The van der Waals surface area contributed by atoms with Crippen molar-refractivity contribution < 1.29 is 9.53 Å². The molecule has 0 bridgehead atoms. The van der Waals surface area contributed by atoms with Gasteiger partial charge in [-0.05, 0) is 26.9 Å². The SMILES string of the molecule is CN(C)CC(=O)NC1C(N)C2CCCOC21. The zero-order chi connectivity index (χ0) is 11.7. The highest BCUT2D eigenvalue weighted by molar-refractivity contribution is 5.78. The Morgan fingerprint density at radius 3 is 3.00 bits per heavy atom. The van der Waals surface area contributed by atoms with E-state index in [0.29, 0.717) is 12.5 Å². The number of nitrogens with one attached hydrogen (secondary N) is 1. The van der Waals surface area contributed by atoms with Gasteiger partial charge in [-0.25, -0.2) is 0 Å². The summed E-state index contributed by atoms with van der Waals surface area (Å²) in [5.41, 5.74) is 6.05. The second-order valence-corrected chi connectivity index (χ2v) is 5.05. The second-order valence-electron chi connectivity index (χ2n) is 5.05. The van der Waals surface area contributed by atoms with Crippen molar-refractivity contribution in [1.82, 2.24) is 10.2 Å². The maximum Gasteiger partial charge on any atom is 0.234 e. The molecular weight excluding hydrogens is 206 g/mol. The molecule has 0 radical (unpaired) electrons. The van der Waals surface area contributed by atoms with Crippen molar-refractivity contribution >= 4 is 5.91 Å². The zero-order valence-corrected chi connectivity index (χ0v) is 9.98. The van der Waals surface area contributed by atoms with Gasteiger partial charge in [0.15, 0.2) is 0 Å². The molecule has 2 fully saturated rings. The van der Waals surface area contributed by atoms with Crippen LogP contribution in [-0.2, 0) is 9.53 Å². The Bertz CT molecular complexity index is 270. The lowest BCUT2D eigenvalue weighted by Crippen LogP contribution is -2.72. The largest absolute Gasteiger partial charge is 0.376 e. The number of nitrogens with zero attached hydrogens (tertiary/aromatic N) is 1. The molecule has 0 aromatic carbocycles. The minimum absolute atomic E-state index is 0.0118. The normalized spacial score (nSPS) is 37.8. The lowest BCUT2D eigenvalue weighted by Gasteiger charge is -2.52. The quantitative estimate of drug-likeness (QED) is 0.660. The van der Waals surface area contributed by atoms with Crippen LogP contribution in [0.15, 0.2) is 0 Å². The Morgan fingerprint density at radius 2 is 2.31 bits per heavy atom. The second kappa shape index (κ2) is 4.69. The number of amides is 1. The van der Waals surface area contributed by atoms with Crippen LogP contribution in [0.2, 0.25) is 0 Å². The molecule has 92 valence electrons. The van der Waals surface area contributed by atoms with Gasteiger partial charge in [0.2, 0.25) is 5.91 Å². The maximum absolute atomic E-state index is 11.6. The van der Waals surface area contributed by atoms with Crippen molar-refractivity contribution in [2.75, 3.05) is 27.2 Å². The van der Waals surface area contributed by atoms with Crippen LogP contribution in [0.5, 0.6) is 0 Å². The average Bonchev–Trinajstić information content (AvgIpc) is 2.24. The summed E-state index contributed by atoms with van der Waals surface area (Å²) >= 11 is 0. The Morgan fingerprint density at radius 1 is 1.56 bits per heavy atom. The molecule has 1 aliphatic heterocycles. The summed E-state index contributed by atoms with van der Waals surface area (Å²) in [6.07, 6.45) is 2.37. The van der Waals surface area contributed by atoms with E-state index in [1.165, 1.54) is 0 Å². The van der Waals surface area contributed by atoms with Crippen LogP contribution in [0.3, 0.4) is 0 Å². The molecule has 4 unspecified atom stereocenters. The molecule has 0 spiro atoms. The number of nitrogens with two attached hydrogens (primary N) is 1. The molecule has 2 rings (SSSR count). The van der Waals surface area contributed by atoms with Gasteiger partial charge in [0, 0.05) is 18.6 Å². The monoisotopic (exact) mass is 227 g/mol. The number of hydrogen-bond donors (Lipinski definition) is 2. The third-order valence-electron chi connectivity index (χ3n) is 3.46. The van der Waals surface area contributed by atoms with Crippen molar-refractivity contribution in [1.29, 1.82) is 0 Å². The summed E-state index contributed by atoms with van der Waals surface area (Å²) in [6.45, 7) is 1.20. The van der Waals surface area contributed by atoms with Crippen LogP contribution >= 0.6 is 0 Å². The van der Waals surface area contributed by atoms with Crippen LogP contribution in [-0.4, -0.2) is 56.2 Å². The van der Waals surface area contributed by atoms with Gasteiger partial charge in [0.1, 0.15) is 0 Å². The molecule has 0 aromatic heterocycles. The van der Waals surface area contributed by atoms with E-state index in [-0.39, 0.29) is 24.1 Å². The minimum atomic E-state index is 0.0118. The molecule has 1 saturated heterocycles. The lowest BCUT2D eigenvalue weighted by atomic mass is 9.68. The highest BCUT2D eigenvalue weighted by atomic mass is 16.5. The first kappa shape index (κ1) is 11.8.